The maximum atomic E-state index is 14.0. The first-order valence-corrected chi connectivity index (χ1v) is 25.7. The summed E-state index contributed by atoms with van der Waals surface area (Å²) in [5.74, 6) is -8.97. The SMILES string of the molecule is CC.CC.CC.CC.CCC(N)=O.CCCC(=O)NCC(=O)N[C@@H](CC(N)=O)C(=O)NC(CCC(=O)NCC(=O)NCC(N)=O)C(=O)N(CCCN)CC(=O)NC(CC(C)C)C(=O)NCC(N)=O.Cc1ccc(O)cc1. The van der Waals surface area contributed by atoms with Gasteiger partial charge in [-0.25, -0.2) is 0 Å². The third-order valence-corrected chi connectivity index (χ3v) is 8.62. The second-order valence-electron chi connectivity index (χ2n) is 15.4. The van der Waals surface area contributed by atoms with Crippen LogP contribution in [0.15, 0.2) is 24.3 Å². The van der Waals surface area contributed by atoms with Gasteiger partial charge in [0.25, 0.3) is 0 Å². The van der Waals surface area contributed by atoms with E-state index >= 15 is 0 Å². The van der Waals surface area contributed by atoms with E-state index in [1.165, 1.54) is 5.56 Å². The standard InChI is InChI=1S/C32H56N12O11.C7H8O.C3H7NO.4C2H6/c1-4-6-25(48)39-16-28(51)41-21(12-22(34)45)31(54)43-19(7-8-26(49)38-15-27(50)37-13-23(35)46)32(55)44(10-5-9-33)17-29(52)42-20(11-18(2)3)30(53)40-14-24(36)47;1-6-2-4-7(8)5-3-6;1-2-3(4)5;4*1-2/h18-21H,4-17,33H2,1-3H3,(H2,34,45)(H2,35,46)(H2,36,47)(H,37,50)(H,38,49)(H,39,48)(H,40,53)(H,41,51)(H,42,52)(H,43,54);2-5,8H,1H3;2H2,1H3,(H2,4,5);4*1-2H3/t19?,20?,21-;;;;;;/m0....../s1. The Labute approximate surface area is 450 Å². The molecule has 26 heteroatoms. The summed E-state index contributed by atoms with van der Waals surface area (Å²) in [6.45, 7) is 22.2. The van der Waals surface area contributed by atoms with Gasteiger partial charge in [-0.15, -0.1) is 0 Å². The number of phenols is 1. The minimum atomic E-state index is -1.64. The molecule has 2 unspecified atom stereocenters. The number of phenolic OH excluding ortho intramolecular Hbond substituents is 1. The number of aromatic hydroxyl groups is 1. The maximum Gasteiger partial charge on any atom is 0.245 e. The summed E-state index contributed by atoms with van der Waals surface area (Å²) in [4.78, 5) is 147. The summed E-state index contributed by atoms with van der Waals surface area (Å²) in [5, 5.41) is 25.1. The minimum absolute atomic E-state index is 0.0651. The molecular formula is C50H95N13O13. The van der Waals surface area contributed by atoms with E-state index in [0.29, 0.717) is 18.6 Å². The van der Waals surface area contributed by atoms with Crippen molar-refractivity contribution in [1.29, 1.82) is 0 Å². The van der Waals surface area contributed by atoms with Gasteiger partial charge in [-0.3, -0.25) is 57.5 Å². The third-order valence-electron chi connectivity index (χ3n) is 8.62. The number of benzene rings is 1. The predicted molar refractivity (Wildman–Crippen MR) is 292 cm³/mol. The van der Waals surface area contributed by atoms with Gasteiger partial charge in [-0.2, -0.15) is 0 Å². The zero-order valence-corrected chi connectivity index (χ0v) is 47.4. The highest BCUT2D eigenvalue weighted by atomic mass is 16.3. The van der Waals surface area contributed by atoms with E-state index in [2.05, 4.69) is 43.0 Å². The van der Waals surface area contributed by atoms with Crippen LogP contribution in [0.4, 0.5) is 0 Å². The lowest BCUT2D eigenvalue weighted by molar-refractivity contribution is -0.141. The van der Waals surface area contributed by atoms with Crippen molar-refractivity contribution in [2.24, 2.45) is 34.6 Å². The summed E-state index contributed by atoms with van der Waals surface area (Å²) in [6.07, 6.45) is -0.246. The first-order valence-electron chi connectivity index (χ1n) is 25.7. The first kappa shape index (κ1) is 80.0. The van der Waals surface area contributed by atoms with Gasteiger partial charge in [0.15, 0.2) is 0 Å². The number of aryl methyl sites for hydroxylation is 1. The van der Waals surface area contributed by atoms with Crippen molar-refractivity contribution in [3.63, 3.8) is 0 Å². The topological polar surface area (TPSA) is 443 Å². The molecule has 1 aromatic rings. The van der Waals surface area contributed by atoms with Crippen molar-refractivity contribution in [3.05, 3.63) is 29.8 Å². The lowest BCUT2D eigenvalue weighted by Gasteiger charge is -2.29. The van der Waals surface area contributed by atoms with Gasteiger partial charge >= 0.3 is 0 Å². The van der Waals surface area contributed by atoms with Gasteiger partial charge in [0.05, 0.1) is 39.1 Å². The van der Waals surface area contributed by atoms with E-state index in [1.807, 2.05) is 74.4 Å². The molecule has 438 valence electrons. The number of nitrogens with zero attached hydrogens (tertiary/aromatic N) is 1. The molecule has 0 bridgehead atoms. The number of carbonyl (C=O) groups excluding carboxylic acids is 12. The summed E-state index contributed by atoms with van der Waals surface area (Å²) in [7, 11) is 0. The van der Waals surface area contributed by atoms with Crippen LogP contribution >= 0.6 is 0 Å². The van der Waals surface area contributed by atoms with Gasteiger partial charge in [-0.05, 0) is 57.2 Å². The molecule has 1 rings (SSSR count). The second-order valence-corrected chi connectivity index (χ2v) is 15.4. The molecule has 0 heterocycles. The fraction of sp³-hybridized carbons (Fsp3) is 0.640. The largest absolute Gasteiger partial charge is 0.508 e. The molecule has 0 spiro atoms. The van der Waals surface area contributed by atoms with E-state index in [9.17, 15) is 57.5 Å². The number of primary amides is 4. The normalized spacial score (nSPS) is 10.6. The quantitative estimate of drug-likeness (QED) is 0.0470. The van der Waals surface area contributed by atoms with E-state index in [-0.39, 0.29) is 44.2 Å². The third kappa shape index (κ3) is 48.9. The Morgan fingerprint density at radius 3 is 1.45 bits per heavy atom. The Morgan fingerprint density at radius 2 is 1.01 bits per heavy atom. The zero-order chi connectivity index (χ0) is 60.4. The predicted octanol–water partition coefficient (Wildman–Crippen LogP) is -0.757. The highest BCUT2D eigenvalue weighted by Crippen LogP contribution is 2.10. The summed E-state index contributed by atoms with van der Waals surface area (Å²) in [6, 6.07) is 2.75. The molecule has 18 N–H and O–H groups in total. The number of rotatable bonds is 29. The maximum absolute atomic E-state index is 14.0. The average molecular weight is 1090 g/mol. The van der Waals surface area contributed by atoms with E-state index < -0.39 is 135 Å². The van der Waals surface area contributed by atoms with E-state index in [1.54, 1.807) is 39.8 Å². The van der Waals surface area contributed by atoms with Crippen molar-refractivity contribution in [2.75, 3.05) is 45.8 Å². The molecule has 0 radical (unpaired) electrons. The average Bonchev–Trinajstić information content (AvgIpc) is 3.38. The molecule has 0 aliphatic rings. The van der Waals surface area contributed by atoms with Gasteiger partial charge in [-0.1, -0.05) is 101 Å². The Hall–Kier alpha value is -7.38. The molecule has 26 nitrogen and oxygen atoms in total. The molecule has 0 fully saturated rings. The number of nitrogens with two attached hydrogens (primary N) is 5. The molecule has 12 amide bonds. The van der Waals surface area contributed by atoms with Crippen molar-refractivity contribution in [1.82, 2.24) is 42.1 Å². The van der Waals surface area contributed by atoms with Crippen LogP contribution in [0.5, 0.6) is 5.75 Å². The van der Waals surface area contributed by atoms with Crippen molar-refractivity contribution < 1.29 is 62.6 Å². The number of amides is 12. The van der Waals surface area contributed by atoms with Crippen LogP contribution in [0.3, 0.4) is 0 Å². The van der Waals surface area contributed by atoms with E-state index in [4.69, 9.17) is 28.0 Å². The summed E-state index contributed by atoms with van der Waals surface area (Å²) in [5.41, 5.74) is 26.9. The highest BCUT2D eigenvalue weighted by Gasteiger charge is 2.32. The van der Waals surface area contributed by atoms with Crippen molar-refractivity contribution in [2.45, 2.75) is 160 Å². The molecule has 0 saturated heterocycles. The van der Waals surface area contributed by atoms with Gasteiger partial charge < -0.3 is 75.9 Å². The first-order chi connectivity index (χ1) is 35.8. The molecule has 3 atom stereocenters. The molecule has 0 aliphatic heterocycles. The Kier molecular flexibility index (Phi) is 55.3. The number of carbonyl (C=O) groups is 12. The zero-order valence-electron chi connectivity index (χ0n) is 47.4. The molecule has 76 heavy (non-hydrogen) atoms. The molecule has 0 saturated carbocycles. The van der Waals surface area contributed by atoms with Gasteiger partial charge in [0.2, 0.25) is 70.9 Å². The lowest BCUT2D eigenvalue weighted by atomic mass is 10.0. The Bertz CT molecular complexity index is 1830. The fourth-order valence-corrected chi connectivity index (χ4v) is 5.20. The Morgan fingerprint density at radius 1 is 0.553 bits per heavy atom. The summed E-state index contributed by atoms with van der Waals surface area (Å²) < 4.78 is 0. The summed E-state index contributed by atoms with van der Waals surface area (Å²) >= 11 is 0. The van der Waals surface area contributed by atoms with Crippen LogP contribution in [-0.4, -0.2) is 145 Å². The minimum Gasteiger partial charge on any atom is -0.508 e. The smallest absolute Gasteiger partial charge is 0.245 e. The fourth-order valence-electron chi connectivity index (χ4n) is 5.20. The monoisotopic (exact) mass is 1090 g/mol. The van der Waals surface area contributed by atoms with Crippen molar-refractivity contribution in [3.8, 4) is 5.75 Å². The van der Waals surface area contributed by atoms with Crippen LogP contribution in [0, 0.1) is 12.8 Å². The van der Waals surface area contributed by atoms with Crippen LogP contribution < -0.4 is 65.9 Å². The number of hydrogen-bond donors (Lipinski definition) is 13. The highest BCUT2D eigenvalue weighted by molar-refractivity contribution is 5.97. The van der Waals surface area contributed by atoms with E-state index in [0.717, 1.165) is 4.90 Å². The van der Waals surface area contributed by atoms with Gasteiger partial charge in [0.1, 0.15) is 23.9 Å². The van der Waals surface area contributed by atoms with Crippen molar-refractivity contribution >= 4 is 70.9 Å². The second kappa shape index (κ2) is 52.5. The molecular weight excluding hydrogens is 991 g/mol. The van der Waals surface area contributed by atoms with Crippen LogP contribution in [0.2, 0.25) is 0 Å². The van der Waals surface area contributed by atoms with Crippen LogP contribution in [0.1, 0.15) is 140 Å². The molecule has 1 aromatic carbocycles. The molecule has 0 aromatic heterocycles. The van der Waals surface area contributed by atoms with Gasteiger partial charge in [0, 0.05) is 25.8 Å². The number of hydrogen-bond acceptors (Lipinski definition) is 14. The number of nitrogens with one attached hydrogen (secondary N) is 7. The van der Waals surface area contributed by atoms with Crippen LogP contribution in [-0.2, 0) is 57.5 Å². The lowest BCUT2D eigenvalue weighted by Crippen LogP contribution is -2.57. The molecule has 0 aliphatic carbocycles. The van der Waals surface area contributed by atoms with Crippen LogP contribution in [0.25, 0.3) is 0 Å². The Balaban J connectivity index is -0.000000490.